The van der Waals surface area contributed by atoms with Crippen LogP contribution in [0.4, 0.5) is 0 Å². The molecular weight excluding hydrogens is 368 g/mol. The standard InChI is InChI=1S/C22H22N4O3/c1-16(27)24-11-13-25(14-12-24)22(29)20-18-9-5-6-10-19(18)21(28)26(23-20)15-17-7-3-2-4-8-17/h2-10H,11-15H2,1H3. The maximum absolute atomic E-state index is 13.3. The number of hydrogen-bond acceptors (Lipinski definition) is 4. The summed E-state index contributed by atoms with van der Waals surface area (Å²) in [5, 5.41) is 5.49. The van der Waals surface area contributed by atoms with Gasteiger partial charge in [0.05, 0.1) is 11.9 Å². The zero-order valence-electron chi connectivity index (χ0n) is 16.2. The van der Waals surface area contributed by atoms with E-state index < -0.39 is 0 Å². The van der Waals surface area contributed by atoms with E-state index >= 15 is 0 Å². The molecule has 4 rings (SSSR count). The Morgan fingerprint density at radius 3 is 2.10 bits per heavy atom. The molecule has 7 nitrogen and oxygen atoms in total. The number of hydrogen-bond donors (Lipinski definition) is 0. The third-order valence-electron chi connectivity index (χ3n) is 5.26. The molecule has 29 heavy (non-hydrogen) atoms. The molecule has 0 saturated carbocycles. The first kappa shape index (κ1) is 18.9. The summed E-state index contributed by atoms with van der Waals surface area (Å²) in [5.74, 6) is -0.205. The summed E-state index contributed by atoms with van der Waals surface area (Å²) >= 11 is 0. The highest BCUT2D eigenvalue weighted by atomic mass is 16.2. The summed E-state index contributed by atoms with van der Waals surface area (Å²) in [6, 6.07) is 16.6. The Morgan fingerprint density at radius 2 is 1.45 bits per heavy atom. The van der Waals surface area contributed by atoms with Crippen LogP contribution in [-0.4, -0.2) is 57.6 Å². The molecule has 3 aromatic rings. The Labute approximate surface area is 168 Å². The first-order valence-electron chi connectivity index (χ1n) is 9.63. The van der Waals surface area contributed by atoms with Crippen LogP contribution in [0.3, 0.4) is 0 Å². The number of benzene rings is 2. The van der Waals surface area contributed by atoms with E-state index in [0.29, 0.717) is 43.5 Å². The normalized spacial score (nSPS) is 14.2. The Morgan fingerprint density at radius 1 is 0.862 bits per heavy atom. The van der Waals surface area contributed by atoms with Crippen molar-refractivity contribution < 1.29 is 9.59 Å². The van der Waals surface area contributed by atoms with Gasteiger partial charge in [0.15, 0.2) is 5.69 Å². The van der Waals surface area contributed by atoms with E-state index in [4.69, 9.17) is 0 Å². The van der Waals surface area contributed by atoms with E-state index in [9.17, 15) is 14.4 Å². The van der Waals surface area contributed by atoms with Crippen molar-refractivity contribution in [1.29, 1.82) is 0 Å². The lowest BCUT2D eigenvalue weighted by Gasteiger charge is -2.34. The van der Waals surface area contributed by atoms with Gasteiger partial charge in [-0.25, -0.2) is 4.68 Å². The lowest BCUT2D eigenvalue weighted by molar-refractivity contribution is -0.130. The van der Waals surface area contributed by atoms with Crippen LogP contribution >= 0.6 is 0 Å². The zero-order chi connectivity index (χ0) is 20.4. The van der Waals surface area contributed by atoms with E-state index in [-0.39, 0.29) is 23.1 Å². The fourth-order valence-corrected chi connectivity index (χ4v) is 3.63. The molecule has 7 heteroatoms. The van der Waals surface area contributed by atoms with Crippen molar-refractivity contribution in [3.05, 3.63) is 76.2 Å². The Kier molecular flexibility index (Phi) is 5.12. The smallest absolute Gasteiger partial charge is 0.275 e. The molecule has 1 aromatic heterocycles. The highest BCUT2D eigenvalue weighted by Gasteiger charge is 2.26. The third-order valence-corrected chi connectivity index (χ3v) is 5.26. The van der Waals surface area contributed by atoms with Crippen molar-refractivity contribution >= 4 is 22.6 Å². The number of piperazine rings is 1. The lowest BCUT2D eigenvalue weighted by atomic mass is 10.1. The number of carbonyl (C=O) groups is 2. The molecule has 0 spiro atoms. The molecule has 1 saturated heterocycles. The molecule has 0 atom stereocenters. The second-order valence-corrected chi connectivity index (χ2v) is 7.14. The fourth-order valence-electron chi connectivity index (χ4n) is 3.63. The molecule has 0 radical (unpaired) electrons. The number of rotatable bonds is 3. The van der Waals surface area contributed by atoms with Crippen LogP contribution in [-0.2, 0) is 11.3 Å². The predicted octanol–water partition coefficient (Wildman–Crippen LogP) is 1.75. The first-order chi connectivity index (χ1) is 14.0. The number of nitrogens with zero attached hydrogens (tertiary/aromatic N) is 4. The molecule has 0 aliphatic carbocycles. The zero-order valence-corrected chi connectivity index (χ0v) is 16.2. The van der Waals surface area contributed by atoms with Gasteiger partial charge in [-0.05, 0) is 11.6 Å². The van der Waals surface area contributed by atoms with E-state index in [2.05, 4.69) is 5.10 Å². The van der Waals surface area contributed by atoms with Crippen LogP contribution < -0.4 is 5.56 Å². The molecule has 2 amide bonds. The summed E-state index contributed by atoms with van der Waals surface area (Å²) in [4.78, 5) is 41.2. The van der Waals surface area contributed by atoms with Gasteiger partial charge in [-0.15, -0.1) is 0 Å². The minimum atomic E-state index is -0.220. The average Bonchev–Trinajstić information content (AvgIpc) is 2.76. The lowest BCUT2D eigenvalue weighted by Crippen LogP contribution is -2.50. The molecule has 1 fully saturated rings. The maximum Gasteiger partial charge on any atom is 0.275 e. The van der Waals surface area contributed by atoms with Crippen LogP contribution in [0.2, 0.25) is 0 Å². The van der Waals surface area contributed by atoms with Gasteiger partial charge in [-0.3, -0.25) is 14.4 Å². The average molecular weight is 390 g/mol. The van der Waals surface area contributed by atoms with Gasteiger partial charge in [0.1, 0.15) is 0 Å². The molecule has 0 bridgehead atoms. The topological polar surface area (TPSA) is 75.5 Å². The number of aromatic nitrogens is 2. The molecule has 1 aliphatic heterocycles. The molecular formula is C22H22N4O3. The predicted molar refractivity (Wildman–Crippen MR) is 110 cm³/mol. The van der Waals surface area contributed by atoms with E-state index in [1.165, 1.54) is 11.6 Å². The maximum atomic E-state index is 13.3. The second-order valence-electron chi connectivity index (χ2n) is 7.14. The summed E-state index contributed by atoms with van der Waals surface area (Å²) < 4.78 is 1.36. The van der Waals surface area contributed by atoms with Gasteiger partial charge in [-0.1, -0.05) is 48.5 Å². The van der Waals surface area contributed by atoms with Gasteiger partial charge in [-0.2, -0.15) is 5.10 Å². The van der Waals surface area contributed by atoms with Crippen molar-refractivity contribution in [3.8, 4) is 0 Å². The fraction of sp³-hybridized carbons (Fsp3) is 0.273. The van der Waals surface area contributed by atoms with Gasteiger partial charge >= 0.3 is 0 Å². The quantitative estimate of drug-likeness (QED) is 0.683. The van der Waals surface area contributed by atoms with E-state index in [0.717, 1.165) is 5.56 Å². The molecule has 148 valence electrons. The van der Waals surface area contributed by atoms with Crippen LogP contribution in [0.5, 0.6) is 0 Å². The van der Waals surface area contributed by atoms with Crippen molar-refractivity contribution in [2.24, 2.45) is 0 Å². The Bertz CT molecular complexity index is 1120. The summed E-state index contributed by atoms with van der Waals surface area (Å²) in [6.07, 6.45) is 0. The Hall–Kier alpha value is -3.48. The second kappa shape index (κ2) is 7.87. The van der Waals surface area contributed by atoms with Crippen LogP contribution in [0.1, 0.15) is 23.0 Å². The number of carbonyl (C=O) groups excluding carboxylic acids is 2. The third kappa shape index (κ3) is 3.76. The van der Waals surface area contributed by atoms with Crippen LogP contribution in [0.15, 0.2) is 59.4 Å². The van der Waals surface area contributed by atoms with Gasteiger partial charge in [0, 0.05) is 38.5 Å². The highest BCUT2D eigenvalue weighted by molar-refractivity contribution is 6.04. The largest absolute Gasteiger partial charge is 0.339 e. The minimum absolute atomic E-state index is 0.0112. The van der Waals surface area contributed by atoms with Crippen molar-refractivity contribution in [3.63, 3.8) is 0 Å². The Balaban J connectivity index is 1.72. The number of fused-ring (bicyclic) bond motifs is 1. The molecule has 2 heterocycles. The van der Waals surface area contributed by atoms with Crippen molar-refractivity contribution in [2.75, 3.05) is 26.2 Å². The first-order valence-corrected chi connectivity index (χ1v) is 9.63. The molecule has 2 aromatic carbocycles. The van der Waals surface area contributed by atoms with Crippen LogP contribution in [0.25, 0.3) is 10.8 Å². The van der Waals surface area contributed by atoms with E-state index in [1.54, 1.807) is 34.1 Å². The van der Waals surface area contributed by atoms with Gasteiger partial charge < -0.3 is 9.80 Å². The van der Waals surface area contributed by atoms with E-state index in [1.807, 2.05) is 30.3 Å². The van der Waals surface area contributed by atoms with Crippen LogP contribution in [0, 0.1) is 0 Å². The molecule has 0 unspecified atom stereocenters. The number of amides is 2. The minimum Gasteiger partial charge on any atom is -0.339 e. The molecule has 1 aliphatic rings. The highest BCUT2D eigenvalue weighted by Crippen LogP contribution is 2.17. The monoisotopic (exact) mass is 390 g/mol. The summed E-state index contributed by atoms with van der Waals surface area (Å²) in [5.41, 5.74) is 0.987. The van der Waals surface area contributed by atoms with Gasteiger partial charge in [0.2, 0.25) is 5.91 Å². The summed E-state index contributed by atoms with van der Waals surface area (Å²) in [6.45, 7) is 3.73. The van der Waals surface area contributed by atoms with Gasteiger partial charge in [0.25, 0.3) is 11.5 Å². The van der Waals surface area contributed by atoms with Crippen molar-refractivity contribution in [2.45, 2.75) is 13.5 Å². The van der Waals surface area contributed by atoms with Crippen molar-refractivity contribution in [1.82, 2.24) is 19.6 Å². The summed E-state index contributed by atoms with van der Waals surface area (Å²) in [7, 11) is 0. The molecule has 0 N–H and O–H groups in total. The SMILES string of the molecule is CC(=O)N1CCN(C(=O)c2nn(Cc3ccccc3)c(=O)c3ccccc23)CC1.